The molecule has 0 saturated carbocycles. The van der Waals surface area contributed by atoms with E-state index in [1.54, 1.807) is 42.5 Å². The van der Waals surface area contributed by atoms with Gasteiger partial charge in [-0.2, -0.15) is 0 Å². The first-order chi connectivity index (χ1) is 10.9. The Bertz CT molecular complexity index is 802. The zero-order valence-electron chi connectivity index (χ0n) is 12.3. The minimum absolute atomic E-state index is 0.0682. The molecule has 0 aliphatic rings. The van der Waals surface area contributed by atoms with E-state index in [1.807, 2.05) is 16.9 Å². The Morgan fingerprint density at radius 1 is 1.09 bits per heavy atom. The minimum Gasteiger partial charge on any atom is -0.274 e. The Morgan fingerprint density at radius 2 is 1.83 bits per heavy atom. The molecule has 0 atom stereocenters. The molecule has 0 unspecified atom stereocenters. The third-order valence-electron chi connectivity index (χ3n) is 3.03. The maximum absolute atomic E-state index is 11.8. The maximum atomic E-state index is 11.8. The Hall–Kier alpha value is -2.11. The van der Waals surface area contributed by atoms with Crippen LogP contribution in [0.2, 0.25) is 5.02 Å². The van der Waals surface area contributed by atoms with Crippen LogP contribution in [0.1, 0.15) is 17.5 Å². The molecule has 0 bridgehead atoms. The number of hydrogen-bond acceptors (Lipinski definition) is 3. The van der Waals surface area contributed by atoms with Crippen molar-refractivity contribution in [1.29, 1.82) is 0 Å². The molecule has 2 rings (SSSR count). The number of carbonyl (C=O) groups is 1. The van der Waals surface area contributed by atoms with Crippen molar-refractivity contribution in [3.63, 3.8) is 0 Å². The summed E-state index contributed by atoms with van der Waals surface area (Å²) in [6.07, 6.45) is 1.93. The lowest BCUT2D eigenvalue weighted by Gasteiger charge is -2.04. The lowest BCUT2D eigenvalue weighted by molar-refractivity contribution is -0.119. The molecule has 0 heterocycles. The highest BCUT2D eigenvalue weighted by atomic mass is 35.5. The molecule has 1 amide bonds. The second kappa shape index (κ2) is 7.94. The summed E-state index contributed by atoms with van der Waals surface area (Å²) in [6.45, 7) is 0. The van der Waals surface area contributed by atoms with Crippen LogP contribution >= 0.6 is 11.6 Å². The fraction of sp³-hybridized carbons (Fsp3) is 0.118. The lowest BCUT2D eigenvalue weighted by Crippen LogP contribution is -2.28. The van der Waals surface area contributed by atoms with E-state index >= 15 is 0 Å². The Labute approximate surface area is 140 Å². The Balaban J connectivity index is 1.90. The first-order valence-corrected chi connectivity index (χ1v) is 8.90. The number of rotatable bonds is 6. The molecule has 0 saturated heterocycles. The molecule has 0 radical (unpaired) electrons. The fourth-order valence-electron chi connectivity index (χ4n) is 1.93. The van der Waals surface area contributed by atoms with Crippen LogP contribution in [0.25, 0.3) is 6.08 Å². The topological polar surface area (TPSA) is 63.2 Å². The molecule has 2 aromatic carbocycles. The summed E-state index contributed by atoms with van der Waals surface area (Å²) in [5.74, 6) is -0.553. The third-order valence-corrected chi connectivity index (χ3v) is 4.27. The quantitative estimate of drug-likeness (QED) is 0.869. The molecular weight excluding hydrogens is 334 g/mol. The number of benzene rings is 2. The van der Waals surface area contributed by atoms with Gasteiger partial charge in [0.25, 0.3) is 10.0 Å². The van der Waals surface area contributed by atoms with E-state index in [4.69, 9.17) is 11.6 Å². The number of hydrogen-bond donors (Lipinski definition) is 1. The van der Waals surface area contributed by atoms with Gasteiger partial charge in [-0.15, -0.1) is 0 Å². The van der Waals surface area contributed by atoms with Gasteiger partial charge in [0.2, 0.25) is 5.91 Å². The molecule has 120 valence electrons. The Morgan fingerprint density at radius 3 is 2.52 bits per heavy atom. The molecule has 0 fully saturated rings. The summed E-state index contributed by atoms with van der Waals surface area (Å²) >= 11 is 5.86. The van der Waals surface area contributed by atoms with Gasteiger partial charge in [-0.1, -0.05) is 54.1 Å². The SMILES string of the molecule is O=C(CCc1cccc(Cl)c1)NS(=O)(=O)/C=C/c1ccccc1. The zero-order chi connectivity index (χ0) is 16.7. The number of sulfonamides is 1. The summed E-state index contributed by atoms with van der Waals surface area (Å²) in [5, 5.41) is 1.57. The average molecular weight is 350 g/mol. The smallest absolute Gasteiger partial charge is 0.257 e. The summed E-state index contributed by atoms with van der Waals surface area (Å²) in [6, 6.07) is 16.1. The molecular formula is C17H16ClNO3S. The van der Waals surface area contributed by atoms with Crippen LogP contribution in [-0.4, -0.2) is 14.3 Å². The van der Waals surface area contributed by atoms with Crippen LogP contribution in [0.15, 0.2) is 60.0 Å². The molecule has 2 aromatic rings. The highest BCUT2D eigenvalue weighted by molar-refractivity contribution is 7.93. The van der Waals surface area contributed by atoms with Crippen LogP contribution in [0.5, 0.6) is 0 Å². The second-order valence-electron chi connectivity index (χ2n) is 4.91. The van der Waals surface area contributed by atoms with Crippen molar-refractivity contribution in [3.05, 3.63) is 76.2 Å². The zero-order valence-corrected chi connectivity index (χ0v) is 13.8. The van der Waals surface area contributed by atoms with E-state index in [9.17, 15) is 13.2 Å². The second-order valence-corrected chi connectivity index (χ2v) is 6.92. The predicted octanol–water partition coefficient (Wildman–Crippen LogP) is 3.39. The van der Waals surface area contributed by atoms with Crippen molar-refractivity contribution in [3.8, 4) is 0 Å². The highest BCUT2D eigenvalue weighted by Crippen LogP contribution is 2.12. The van der Waals surface area contributed by atoms with Crippen LogP contribution < -0.4 is 4.72 Å². The largest absolute Gasteiger partial charge is 0.274 e. The maximum Gasteiger partial charge on any atom is 0.257 e. The van der Waals surface area contributed by atoms with E-state index < -0.39 is 15.9 Å². The normalized spacial score (nSPS) is 11.5. The summed E-state index contributed by atoms with van der Waals surface area (Å²) < 4.78 is 25.7. The molecule has 6 heteroatoms. The molecule has 0 aliphatic carbocycles. The fourth-order valence-corrected chi connectivity index (χ4v) is 2.96. The number of carbonyl (C=O) groups excluding carboxylic acids is 1. The van der Waals surface area contributed by atoms with Gasteiger partial charge in [0, 0.05) is 11.4 Å². The van der Waals surface area contributed by atoms with E-state index in [1.165, 1.54) is 6.08 Å². The summed E-state index contributed by atoms with van der Waals surface area (Å²) in [7, 11) is -3.80. The Kier molecular flexibility index (Phi) is 5.96. The highest BCUT2D eigenvalue weighted by Gasteiger charge is 2.11. The van der Waals surface area contributed by atoms with Crippen molar-refractivity contribution in [2.75, 3.05) is 0 Å². The van der Waals surface area contributed by atoms with Gasteiger partial charge >= 0.3 is 0 Å². The van der Waals surface area contributed by atoms with Crippen LogP contribution in [0.3, 0.4) is 0 Å². The van der Waals surface area contributed by atoms with E-state index in [0.29, 0.717) is 11.4 Å². The molecule has 4 nitrogen and oxygen atoms in total. The van der Waals surface area contributed by atoms with Crippen LogP contribution in [-0.2, 0) is 21.2 Å². The molecule has 23 heavy (non-hydrogen) atoms. The third kappa shape index (κ3) is 6.26. The predicted molar refractivity (Wildman–Crippen MR) is 92.3 cm³/mol. The molecule has 0 aromatic heterocycles. The van der Waals surface area contributed by atoms with E-state index in [-0.39, 0.29) is 6.42 Å². The van der Waals surface area contributed by atoms with Crippen molar-refractivity contribution < 1.29 is 13.2 Å². The number of nitrogens with one attached hydrogen (secondary N) is 1. The van der Waals surface area contributed by atoms with Crippen molar-refractivity contribution in [2.24, 2.45) is 0 Å². The minimum atomic E-state index is -3.80. The number of aryl methyl sites for hydroxylation is 1. The van der Waals surface area contributed by atoms with Crippen molar-refractivity contribution in [1.82, 2.24) is 4.72 Å². The van der Waals surface area contributed by atoms with E-state index in [2.05, 4.69) is 0 Å². The first kappa shape index (κ1) is 17.2. The molecule has 1 N–H and O–H groups in total. The first-order valence-electron chi connectivity index (χ1n) is 6.98. The van der Waals surface area contributed by atoms with Crippen LogP contribution in [0.4, 0.5) is 0 Å². The van der Waals surface area contributed by atoms with Gasteiger partial charge in [-0.3, -0.25) is 4.79 Å². The van der Waals surface area contributed by atoms with Gasteiger partial charge < -0.3 is 0 Å². The van der Waals surface area contributed by atoms with Gasteiger partial charge in [0.1, 0.15) is 0 Å². The number of halogens is 1. The van der Waals surface area contributed by atoms with E-state index in [0.717, 1.165) is 16.5 Å². The lowest BCUT2D eigenvalue weighted by atomic mass is 10.1. The summed E-state index contributed by atoms with van der Waals surface area (Å²) in [5.41, 5.74) is 1.62. The molecule has 0 aliphatic heterocycles. The monoisotopic (exact) mass is 349 g/mol. The number of amides is 1. The summed E-state index contributed by atoms with van der Waals surface area (Å²) in [4.78, 5) is 11.8. The molecule has 0 spiro atoms. The van der Waals surface area contributed by atoms with Crippen molar-refractivity contribution >= 4 is 33.6 Å². The van der Waals surface area contributed by atoms with Gasteiger partial charge in [0.05, 0.1) is 5.41 Å². The standard InChI is InChI=1S/C17H16ClNO3S/c18-16-8-4-7-15(13-16)9-10-17(20)19-23(21,22)12-11-14-5-2-1-3-6-14/h1-8,11-13H,9-10H2,(H,19,20)/b12-11+. The van der Waals surface area contributed by atoms with Gasteiger partial charge in [0.15, 0.2) is 0 Å². The van der Waals surface area contributed by atoms with Crippen molar-refractivity contribution in [2.45, 2.75) is 12.8 Å². The average Bonchev–Trinajstić information content (AvgIpc) is 2.52. The van der Waals surface area contributed by atoms with Crippen LogP contribution in [0, 0.1) is 0 Å². The van der Waals surface area contributed by atoms with Gasteiger partial charge in [-0.05, 0) is 35.8 Å². The van der Waals surface area contributed by atoms with Gasteiger partial charge in [-0.25, -0.2) is 13.1 Å².